The zero-order chi connectivity index (χ0) is 11.3. The minimum Gasteiger partial charge on any atom is -0.378 e. The summed E-state index contributed by atoms with van der Waals surface area (Å²) in [4.78, 5) is 13.6. The molecule has 1 amide bonds. The second-order valence-corrected chi connectivity index (χ2v) is 4.60. The molecule has 88 valence electrons. The molecule has 4 nitrogen and oxygen atoms in total. The highest BCUT2D eigenvalue weighted by Gasteiger charge is 2.19. The van der Waals surface area contributed by atoms with Gasteiger partial charge in [-0.2, -0.15) is 0 Å². The molecule has 15 heavy (non-hydrogen) atoms. The predicted octanol–water partition coefficient (Wildman–Crippen LogP) is 0.479. The summed E-state index contributed by atoms with van der Waals surface area (Å²) >= 11 is 0. The molecule has 0 aromatic heterocycles. The van der Waals surface area contributed by atoms with Crippen LogP contribution in [0.1, 0.15) is 20.3 Å². The molecule has 4 heteroatoms. The molecule has 1 N–H and O–H groups in total. The Morgan fingerprint density at radius 1 is 1.60 bits per heavy atom. The summed E-state index contributed by atoms with van der Waals surface area (Å²) in [6.07, 6.45) is 0.545. The Bertz CT molecular complexity index is 201. The molecule has 1 rings (SSSR count). The van der Waals surface area contributed by atoms with Gasteiger partial charge in [0, 0.05) is 32.6 Å². The summed E-state index contributed by atoms with van der Waals surface area (Å²) in [7, 11) is 1.87. The molecule has 1 aliphatic heterocycles. The molecule has 0 aromatic carbocycles. The SMILES string of the molecule is CC(C)CN(C)C(=O)CC1COCCN1. The molecule has 0 bridgehead atoms. The Morgan fingerprint density at radius 2 is 2.33 bits per heavy atom. The molecule has 0 radical (unpaired) electrons. The maximum absolute atomic E-state index is 11.8. The summed E-state index contributed by atoms with van der Waals surface area (Å²) in [5.74, 6) is 0.723. The molecular weight excluding hydrogens is 192 g/mol. The van der Waals surface area contributed by atoms with Gasteiger partial charge in [-0.1, -0.05) is 13.8 Å². The van der Waals surface area contributed by atoms with E-state index in [9.17, 15) is 4.79 Å². The van der Waals surface area contributed by atoms with Gasteiger partial charge in [-0.15, -0.1) is 0 Å². The lowest BCUT2D eigenvalue weighted by Crippen LogP contribution is -2.44. The van der Waals surface area contributed by atoms with Gasteiger partial charge in [0.25, 0.3) is 0 Å². The van der Waals surface area contributed by atoms with E-state index in [1.54, 1.807) is 4.90 Å². The molecule has 0 spiro atoms. The Hall–Kier alpha value is -0.610. The van der Waals surface area contributed by atoms with Crippen LogP contribution in [0.15, 0.2) is 0 Å². The average molecular weight is 214 g/mol. The number of carbonyl (C=O) groups is 1. The Kier molecular flexibility index (Phi) is 5.05. The first kappa shape index (κ1) is 12.5. The molecule has 1 heterocycles. The van der Waals surface area contributed by atoms with Crippen LogP contribution in [0.25, 0.3) is 0 Å². The summed E-state index contributed by atoms with van der Waals surface area (Å²) in [5, 5.41) is 3.29. The van der Waals surface area contributed by atoms with E-state index < -0.39 is 0 Å². The number of carbonyl (C=O) groups excluding carboxylic acids is 1. The van der Waals surface area contributed by atoms with Gasteiger partial charge < -0.3 is 15.0 Å². The van der Waals surface area contributed by atoms with E-state index in [2.05, 4.69) is 19.2 Å². The number of ether oxygens (including phenoxy) is 1. The normalized spacial score (nSPS) is 21.7. The number of amides is 1. The highest BCUT2D eigenvalue weighted by atomic mass is 16.5. The van der Waals surface area contributed by atoms with Gasteiger partial charge in [0.2, 0.25) is 5.91 Å². The quantitative estimate of drug-likeness (QED) is 0.740. The van der Waals surface area contributed by atoms with Crippen molar-refractivity contribution in [3.63, 3.8) is 0 Å². The van der Waals surface area contributed by atoms with Crippen LogP contribution in [0.4, 0.5) is 0 Å². The summed E-state index contributed by atoms with van der Waals surface area (Å²) < 4.78 is 5.31. The smallest absolute Gasteiger partial charge is 0.223 e. The van der Waals surface area contributed by atoms with Gasteiger partial charge in [-0.25, -0.2) is 0 Å². The van der Waals surface area contributed by atoms with E-state index in [0.29, 0.717) is 18.9 Å². The lowest BCUT2D eigenvalue weighted by atomic mass is 10.1. The number of nitrogens with one attached hydrogen (secondary N) is 1. The first-order valence-corrected chi connectivity index (χ1v) is 5.64. The van der Waals surface area contributed by atoms with Crippen molar-refractivity contribution in [2.24, 2.45) is 5.92 Å². The van der Waals surface area contributed by atoms with Crippen LogP contribution >= 0.6 is 0 Å². The molecule has 1 aliphatic rings. The minimum absolute atomic E-state index is 0.195. The van der Waals surface area contributed by atoms with Gasteiger partial charge in [-0.3, -0.25) is 4.79 Å². The third kappa shape index (κ3) is 4.62. The second kappa shape index (κ2) is 6.08. The number of hydrogen-bond acceptors (Lipinski definition) is 3. The highest BCUT2D eigenvalue weighted by molar-refractivity contribution is 5.76. The summed E-state index contributed by atoms with van der Waals surface area (Å²) in [5.41, 5.74) is 0. The fourth-order valence-electron chi connectivity index (χ4n) is 1.77. The van der Waals surface area contributed by atoms with Crippen molar-refractivity contribution in [2.45, 2.75) is 26.3 Å². The van der Waals surface area contributed by atoms with Gasteiger partial charge in [0.15, 0.2) is 0 Å². The Morgan fingerprint density at radius 3 is 2.87 bits per heavy atom. The lowest BCUT2D eigenvalue weighted by molar-refractivity contribution is -0.131. The van der Waals surface area contributed by atoms with E-state index in [4.69, 9.17) is 4.74 Å². The van der Waals surface area contributed by atoms with E-state index in [-0.39, 0.29) is 11.9 Å². The number of rotatable bonds is 4. The topological polar surface area (TPSA) is 41.6 Å². The maximum Gasteiger partial charge on any atom is 0.223 e. The zero-order valence-corrected chi connectivity index (χ0v) is 9.95. The van der Waals surface area contributed by atoms with Crippen molar-refractivity contribution in [1.29, 1.82) is 0 Å². The molecule has 1 fully saturated rings. The molecule has 0 aliphatic carbocycles. The van der Waals surface area contributed by atoms with E-state index in [0.717, 1.165) is 19.7 Å². The van der Waals surface area contributed by atoms with Crippen LogP contribution in [0.5, 0.6) is 0 Å². The first-order valence-electron chi connectivity index (χ1n) is 5.64. The van der Waals surface area contributed by atoms with E-state index >= 15 is 0 Å². The maximum atomic E-state index is 11.8. The van der Waals surface area contributed by atoms with Crippen LogP contribution in [0.3, 0.4) is 0 Å². The summed E-state index contributed by atoms with van der Waals surface area (Å²) in [6, 6.07) is 0.195. The largest absolute Gasteiger partial charge is 0.378 e. The van der Waals surface area contributed by atoms with Crippen LogP contribution in [-0.4, -0.2) is 50.2 Å². The molecule has 1 saturated heterocycles. The average Bonchev–Trinajstić information content (AvgIpc) is 2.18. The van der Waals surface area contributed by atoms with Gasteiger partial charge in [-0.05, 0) is 5.92 Å². The lowest BCUT2D eigenvalue weighted by Gasteiger charge is -2.26. The Labute approximate surface area is 92.0 Å². The van der Waals surface area contributed by atoms with Crippen LogP contribution in [0.2, 0.25) is 0 Å². The van der Waals surface area contributed by atoms with Crippen molar-refractivity contribution in [3.8, 4) is 0 Å². The number of morpholine rings is 1. The van der Waals surface area contributed by atoms with Crippen LogP contribution in [-0.2, 0) is 9.53 Å². The van der Waals surface area contributed by atoms with Gasteiger partial charge in [0.1, 0.15) is 0 Å². The van der Waals surface area contributed by atoms with Crippen LogP contribution < -0.4 is 5.32 Å². The molecule has 1 atom stereocenters. The van der Waals surface area contributed by atoms with E-state index in [1.807, 2.05) is 7.05 Å². The highest BCUT2D eigenvalue weighted by Crippen LogP contribution is 2.03. The van der Waals surface area contributed by atoms with Crippen molar-refractivity contribution in [3.05, 3.63) is 0 Å². The van der Waals surface area contributed by atoms with E-state index in [1.165, 1.54) is 0 Å². The number of nitrogens with zero attached hydrogens (tertiary/aromatic N) is 1. The standard InChI is InChI=1S/C11H22N2O2/c1-9(2)7-13(3)11(14)6-10-8-15-5-4-12-10/h9-10,12H,4-8H2,1-3H3. The molecular formula is C11H22N2O2. The number of hydrogen-bond donors (Lipinski definition) is 1. The fourth-order valence-corrected chi connectivity index (χ4v) is 1.77. The van der Waals surface area contributed by atoms with Crippen molar-refractivity contribution in [1.82, 2.24) is 10.2 Å². The third-order valence-electron chi connectivity index (χ3n) is 2.48. The molecule has 0 aromatic rings. The van der Waals surface area contributed by atoms with Crippen LogP contribution in [0, 0.1) is 5.92 Å². The third-order valence-corrected chi connectivity index (χ3v) is 2.48. The monoisotopic (exact) mass is 214 g/mol. The second-order valence-electron chi connectivity index (χ2n) is 4.60. The predicted molar refractivity (Wildman–Crippen MR) is 59.7 cm³/mol. The van der Waals surface area contributed by atoms with Crippen molar-refractivity contribution >= 4 is 5.91 Å². The molecule has 1 unspecified atom stereocenters. The van der Waals surface area contributed by atoms with Gasteiger partial charge >= 0.3 is 0 Å². The first-order chi connectivity index (χ1) is 7.09. The fraction of sp³-hybridized carbons (Fsp3) is 0.909. The molecule has 0 saturated carbocycles. The Balaban J connectivity index is 2.27. The van der Waals surface area contributed by atoms with Gasteiger partial charge in [0.05, 0.1) is 13.2 Å². The zero-order valence-electron chi connectivity index (χ0n) is 9.95. The summed E-state index contributed by atoms with van der Waals surface area (Å²) in [6.45, 7) is 7.32. The van der Waals surface area contributed by atoms with Crippen molar-refractivity contribution in [2.75, 3.05) is 33.4 Å². The van der Waals surface area contributed by atoms with Crippen molar-refractivity contribution < 1.29 is 9.53 Å². The minimum atomic E-state index is 0.195.